The number of imidazole rings is 1. The van der Waals surface area contributed by atoms with Gasteiger partial charge in [-0.05, 0) is 24.6 Å². The Morgan fingerprint density at radius 1 is 1.54 bits per heavy atom. The molecule has 0 bridgehead atoms. The van der Waals surface area contributed by atoms with Crippen LogP contribution in [0.5, 0.6) is 0 Å². The van der Waals surface area contributed by atoms with Crippen LogP contribution in [0.1, 0.15) is 11.4 Å². The van der Waals surface area contributed by atoms with Gasteiger partial charge in [0.05, 0.1) is 11.0 Å². The number of aryl methyl sites for hydroxylation is 1. The average molecular weight is 241 g/mol. The SMILES string of the molecule is Cc1cc(Br)cc2[nH]c(CO)nc12. The Morgan fingerprint density at radius 2 is 2.31 bits per heavy atom. The van der Waals surface area contributed by atoms with Crippen molar-refractivity contribution in [1.29, 1.82) is 0 Å². The zero-order chi connectivity index (χ0) is 9.42. The minimum absolute atomic E-state index is 0.0499. The molecule has 0 atom stereocenters. The number of aromatic amines is 1. The molecule has 68 valence electrons. The number of benzene rings is 1. The number of fused-ring (bicyclic) bond motifs is 1. The smallest absolute Gasteiger partial charge is 0.133 e. The summed E-state index contributed by atoms with van der Waals surface area (Å²) in [6.45, 7) is 1.95. The number of H-pyrrole nitrogens is 1. The van der Waals surface area contributed by atoms with E-state index in [9.17, 15) is 0 Å². The third kappa shape index (κ3) is 1.47. The van der Waals surface area contributed by atoms with Gasteiger partial charge in [-0.1, -0.05) is 15.9 Å². The summed E-state index contributed by atoms with van der Waals surface area (Å²) in [7, 11) is 0. The van der Waals surface area contributed by atoms with Crippen molar-refractivity contribution in [3.05, 3.63) is 28.0 Å². The van der Waals surface area contributed by atoms with E-state index in [1.807, 2.05) is 19.1 Å². The maximum Gasteiger partial charge on any atom is 0.133 e. The average Bonchev–Trinajstić information content (AvgIpc) is 2.47. The molecule has 2 aromatic rings. The van der Waals surface area contributed by atoms with Crippen LogP contribution in [0.4, 0.5) is 0 Å². The molecule has 3 nitrogen and oxygen atoms in total. The molecule has 0 aliphatic heterocycles. The number of aromatic nitrogens is 2. The lowest BCUT2D eigenvalue weighted by Gasteiger charge is -1.94. The number of rotatable bonds is 1. The molecule has 0 aliphatic rings. The van der Waals surface area contributed by atoms with Crippen LogP contribution in [0.25, 0.3) is 11.0 Å². The van der Waals surface area contributed by atoms with E-state index >= 15 is 0 Å². The van der Waals surface area contributed by atoms with Crippen molar-refractivity contribution in [3.8, 4) is 0 Å². The quantitative estimate of drug-likeness (QED) is 0.803. The van der Waals surface area contributed by atoms with Gasteiger partial charge in [0.15, 0.2) is 0 Å². The maximum absolute atomic E-state index is 8.89. The van der Waals surface area contributed by atoms with Crippen LogP contribution in [0, 0.1) is 6.92 Å². The molecule has 0 fully saturated rings. The summed E-state index contributed by atoms with van der Waals surface area (Å²) in [5.74, 6) is 0.608. The Bertz CT molecular complexity index is 450. The third-order valence-electron chi connectivity index (χ3n) is 1.94. The highest BCUT2D eigenvalue weighted by Gasteiger charge is 2.04. The molecule has 0 saturated heterocycles. The van der Waals surface area contributed by atoms with E-state index in [2.05, 4.69) is 25.9 Å². The summed E-state index contributed by atoms with van der Waals surface area (Å²) in [5.41, 5.74) is 2.98. The Hall–Kier alpha value is -0.870. The van der Waals surface area contributed by atoms with Crippen LogP contribution in [0.3, 0.4) is 0 Å². The first-order chi connectivity index (χ1) is 6.20. The summed E-state index contributed by atoms with van der Waals surface area (Å²) >= 11 is 3.40. The third-order valence-corrected chi connectivity index (χ3v) is 2.40. The summed E-state index contributed by atoms with van der Waals surface area (Å²) in [6.07, 6.45) is 0. The number of aliphatic hydroxyl groups is 1. The first-order valence-corrected chi connectivity index (χ1v) is 4.75. The second-order valence-electron chi connectivity index (χ2n) is 2.96. The van der Waals surface area contributed by atoms with Crippen LogP contribution in [0.15, 0.2) is 16.6 Å². The molecule has 1 heterocycles. The van der Waals surface area contributed by atoms with Crippen LogP contribution < -0.4 is 0 Å². The maximum atomic E-state index is 8.89. The number of nitrogens with zero attached hydrogens (tertiary/aromatic N) is 1. The molecule has 0 amide bonds. The summed E-state index contributed by atoms with van der Waals surface area (Å²) in [4.78, 5) is 7.28. The lowest BCUT2D eigenvalue weighted by molar-refractivity contribution is 0.273. The van der Waals surface area contributed by atoms with Crippen molar-refractivity contribution >= 4 is 27.0 Å². The van der Waals surface area contributed by atoms with Gasteiger partial charge in [-0.3, -0.25) is 0 Å². The molecule has 13 heavy (non-hydrogen) atoms. The van der Waals surface area contributed by atoms with Gasteiger partial charge in [0.2, 0.25) is 0 Å². The lowest BCUT2D eigenvalue weighted by Crippen LogP contribution is -1.83. The number of hydrogen-bond acceptors (Lipinski definition) is 2. The van der Waals surface area contributed by atoms with Crippen molar-refractivity contribution in [2.24, 2.45) is 0 Å². The Morgan fingerprint density at radius 3 is 3.00 bits per heavy atom. The van der Waals surface area contributed by atoms with Gasteiger partial charge in [0, 0.05) is 4.47 Å². The van der Waals surface area contributed by atoms with E-state index in [1.54, 1.807) is 0 Å². The highest BCUT2D eigenvalue weighted by atomic mass is 79.9. The van der Waals surface area contributed by atoms with Crippen molar-refractivity contribution in [2.45, 2.75) is 13.5 Å². The first-order valence-electron chi connectivity index (χ1n) is 3.96. The Kier molecular flexibility index (Phi) is 2.09. The van der Waals surface area contributed by atoms with Crippen molar-refractivity contribution in [1.82, 2.24) is 9.97 Å². The van der Waals surface area contributed by atoms with Crippen LogP contribution in [-0.2, 0) is 6.61 Å². The fourth-order valence-electron chi connectivity index (χ4n) is 1.37. The number of nitrogens with one attached hydrogen (secondary N) is 1. The largest absolute Gasteiger partial charge is 0.388 e. The molecule has 1 aromatic heterocycles. The Balaban J connectivity index is 2.75. The molecule has 1 aromatic carbocycles. The molecular weight excluding hydrogens is 232 g/mol. The number of halogens is 1. The van der Waals surface area contributed by atoms with Crippen LogP contribution in [-0.4, -0.2) is 15.1 Å². The van der Waals surface area contributed by atoms with Crippen molar-refractivity contribution < 1.29 is 5.11 Å². The fraction of sp³-hybridized carbons (Fsp3) is 0.222. The topological polar surface area (TPSA) is 48.9 Å². The van der Waals surface area contributed by atoms with Gasteiger partial charge in [0.1, 0.15) is 12.4 Å². The standard InChI is InChI=1S/C9H9BrN2O/c1-5-2-6(10)3-7-9(5)12-8(4-13)11-7/h2-3,13H,4H2,1H3,(H,11,12). The predicted octanol–water partition coefficient (Wildman–Crippen LogP) is 2.13. The molecule has 0 saturated carbocycles. The molecule has 0 aliphatic carbocycles. The van der Waals surface area contributed by atoms with Gasteiger partial charge in [-0.2, -0.15) is 0 Å². The van der Waals surface area contributed by atoms with Crippen molar-refractivity contribution in [2.75, 3.05) is 0 Å². The van der Waals surface area contributed by atoms with E-state index in [1.165, 1.54) is 0 Å². The zero-order valence-corrected chi connectivity index (χ0v) is 8.72. The van der Waals surface area contributed by atoms with Gasteiger partial charge in [-0.15, -0.1) is 0 Å². The Labute approximate surface area is 83.9 Å². The lowest BCUT2D eigenvalue weighted by atomic mass is 10.2. The molecule has 0 radical (unpaired) electrons. The first kappa shape index (κ1) is 8.72. The van der Waals surface area contributed by atoms with Crippen molar-refractivity contribution in [3.63, 3.8) is 0 Å². The molecule has 0 unspecified atom stereocenters. The van der Waals surface area contributed by atoms with Gasteiger partial charge < -0.3 is 10.1 Å². The summed E-state index contributed by atoms with van der Waals surface area (Å²) < 4.78 is 1.02. The molecule has 2 rings (SSSR count). The fourth-order valence-corrected chi connectivity index (χ4v) is 1.94. The highest BCUT2D eigenvalue weighted by molar-refractivity contribution is 9.10. The zero-order valence-electron chi connectivity index (χ0n) is 7.13. The number of hydrogen-bond donors (Lipinski definition) is 2. The van der Waals surface area contributed by atoms with E-state index in [-0.39, 0.29) is 6.61 Å². The second-order valence-corrected chi connectivity index (χ2v) is 3.88. The predicted molar refractivity (Wildman–Crippen MR) is 54.5 cm³/mol. The highest BCUT2D eigenvalue weighted by Crippen LogP contribution is 2.21. The monoisotopic (exact) mass is 240 g/mol. The number of aliphatic hydroxyl groups excluding tert-OH is 1. The normalized spacial score (nSPS) is 11.0. The van der Waals surface area contributed by atoms with E-state index in [4.69, 9.17) is 5.11 Å². The molecule has 0 spiro atoms. The van der Waals surface area contributed by atoms with E-state index in [0.29, 0.717) is 5.82 Å². The van der Waals surface area contributed by atoms with Crippen LogP contribution >= 0.6 is 15.9 Å². The molecule has 2 N–H and O–H groups in total. The van der Waals surface area contributed by atoms with E-state index < -0.39 is 0 Å². The summed E-state index contributed by atoms with van der Waals surface area (Å²) in [5, 5.41) is 8.89. The van der Waals surface area contributed by atoms with Gasteiger partial charge in [-0.25, -0.2) is 4.98 Å². The molecular formula is C9H9BrN2O. The van der Waals surface area contributed by atoms with Gasteiger partial charge >= 0.3 is 0 Å². The molecule has 4 heteroatoms. The minimum Gasteiger partial charge on any atom is -0.388 e. The van der Waals surface area contributed by atoms with Gasteiger partial charge in [0.25, 0.3) is 0 Å². The van der Waals surface area contributed by atoms with E-state index in [0.717, 1.165) is 21.1 Å². The minimum atomic E-state index is -0.0499. The van der Waals surface area contributed by atoms with Crippen LogP contribution in [0.2, 0.25) is 0 Å². The second kappa shape index (κ2) is 3.12. The summed E-state index contributed by atoms with van der Waals surface area (Å²) in [6, 6.07) is 3.96.